The number of aliphatic hydroxyl groups is 1. The van der Waals surface area contributed by atoms with E-state index < -0.39 is 0 Å². The van der Waals surface area contributed by atoms with Crippen molar-refractivity contribution in [2.24, 2.45) is 10.9 Å². The molecule has 3 nitrogen and oxygen atoms in total. The van der Waals surface area contributed by atoms with Crippen LogP contribution in [0.2, 0.25) is 0 Å². The van der Waals surface area contributed by atoms with Crippen molar-refractivity contribution in [2.45, 2.75) is 32.2 Å². The van der Waals surface area contributed by atoms with Crippen LogP contribution >= 0.6 is 0 Å². The minimum absolute atomic E-state index is 0.147. The highest BCUT2D eigenvalue weighted by Crippen LogP contribution is 2.23. The summed E-state index contributed by atoms with van der Waals surface area (Å²) in [4.78, 5) is 4.79. The van der Waals surface area contributed by atoms with Crippen LogP contribution < -0.4 is 0 Å². The standard InChI is InChI=1S/C15H20N2O/c1-11(7-8-18)14-9-13(16)10-15(17-14)12-5-3-2-4-6-12/h2-6,11,14,16,18H,7-10H2,1H3. The molecule has 2 rings (SSSR count). The van der Waals surface area contributed by atoms with Crippen LogP contribution in [0.1, 0.15) is 31.7 Å². The number of aliphatic imine (C=N–C) groups is 1. The number of hydrogen-bond acceptors (Lipinski definition) is 3. The van der Waals surface area contributed by atoms with E-state index in [1.54, 1.807) is 0 Å². The van der Waals surface area contributed by atoms with Gasteiger partial charge in [-0.1, -0.05) is 37.3 Å². The molecule has 18 heavy (non-hydrogen) atoms. The summed E-state index contributed by atoms with van der Waals surface area (Å²) in [6, 6.07) is 10.2. The van der Waals surface area contributed by atoms with Gasteiger partial charge in [0, 0.05) is 30.9 Å². The molecule has 1 aliphatic heterocycles. The van der Waals surface area contributed by atoms with Crippen molar-refractivity contribution >= 4 is 11.4 Å². The van der Waals surface area contributed by atoms with Crippen molar-refractivity contribution in [3.05, 3.63) is 35.9 Å². The fourth-order valence-electron chi connectivity index (χ4n) is 2.35. The van der Waals surface area contributed by atoms with Crippen LogP contribution in [0.4, 0.5) is 0 Å². The molecule has 1 aromatic carbocycles. The Kier molecular flexibility index (Phi) is 4.26. The first-order valence-corrected chi connectivity index (χ1v) is 6.50. The summed E-state index contributed by atoms with van der Waals surface area (Å²) in [5.74, 6) is 0.328. The number of aliphatic hydroxyl groups excluding tert-OH is 1. The molecule has 0 spiro atoms. The van der Waals surface area contributed by atoms with Gasteiger partial charge >= 0.3 is 0 Å². The molecule has 1 heterocycles. The van der Waals surface area contributed by atoms with E-state index >= 15 is 0 Å². The van der Waals surface area contributed by atoms with Crippen LogP contribution in [-0.4, -0.2) is 29.2 Å². The molecule has 0 amide bonds. The Labute approximate surface area is 108 Å². The average Bonchev–Trinajstić information content (AvgIpc) is 2.39. The van der Waals surface area contributed by atoms with Crippen LogP contribution in [0.3, 0.4) is 0 Å². The molecule has 0 saturated heterocycles. The Balaban J connectivity index is 2.21. The smallest absolute Gasteiger partial charge is 0.0581 e. The summed E-state index contributed by atoms with van der Waals surface area (Å²) in [5.41, 5.74) is 2.88. The van der Waals surface area contributed by atoms with Gasteiger partial charge in [-0.15, -0.1) is 0 Å². The van der Waals surface area contributed by atoms with Crippen LogP contribution in [-0.2, 0) is 0 Å². The van der Waals surface area contributed by atoms with Gasteiger partial charge in [0.2, 0.25) is 0 Å². The number of nitrogens with one attached hydrogen (secondary N) is 1. The molecule has 0 saturated carbocycles. The first kappa shape index (κ1) is 13.0. The number of rotatable bonds is 4. The molecule has 0 aromatic heterocycles. The summed E-state index contributed by atoms with van der Waals surface area (Å²) in [5, 5.41) is 17.0. The molecule has 1 aliphatic rings. The van der Waals surface area contributed by atoms with Gasteiger partial charge in [-0.05, 0) is 17.9 Å². The zero-order valence-corrected chi connectivity index (χ0v) is 10.8. The van der Waals surface area contributed by atoms with Crippen molar-refractivity contribution in [3.63, 3.8) is 0 Å². The molecule has 2 N–H and O–H groups in total. The molecule has 1 aromatic rings. The molecule has 2 atom stereocenters. The third-order valence-electron chi connectivity index (χ3n) is 3.51. The maximum Gasteiger partial charge on any atom is 0.0581 e. The lowest BCUT2D eigenvalue weighted by molar-refractivity contribution is 0.250. The number of nitrogens with zero attached hydrogens (tertiary/aromatic N) is 1. The van der Waals surface area contributed by atoms with Crippen molar-refractivity contribution in [3.8, 4) is 0 Å². The molecule has 2 unspecified atom stereocenters. The lowest BCUT2D eigenvalue weighted by atomic mass is 9.88. The highest BCUT2D eigenvalue weighted by molar-refractivity contribution is 6.13. The minimum atomic E-state index is 0.147. The van der Waals surface area contributed by atoms with E-state index in [-0.39, 0.29) is 12.6 Å². The van der Waals surface area contributed by atoms with Crippen LogP contribution in [0.15, 0.2) is 35.3 Å². The van der Waals surface area contributed by atoms with Crippen molar-refractivity contribution in [2.75, 3.05) is 6.61 Å². The van der Waals surface area contributed by atoms with Gasteiger partial charge in [0.05, 0.1) is 6.04 Å². The van der Waals surface area contributed by atoms with Gasteiger partial charge in [0.25, 0.3) is 0 Å². The Hall–Kier alpha value is -1.48. The van der Waals surface area contributed by atoms with E-state index in [1.165, 1.54) is 0 Å². The maximum atomic E-state index is 9.01. The minimum Gasteiger partial charge on any atom is -0.396 e. The zero-order chi connectivity index (χ0) is 13.0. The first-order valence-electron chi connectivity index (χ1n) is 6.50. The van der Waals surface area contributed by atoms with E-state index in [0.29, 0.717) is 12.3 Å². The summed E-state index contributed by atoms with van der Waals surface area (Å²) in [7, 11) is 0. The normalized spacial score (nSPS) is 21.6. The van der Waals surface area contributed by atoms with Crippen molar-refractivity contribution in [1.29, 1.82) is 5.41 Å². The van der Waals surface area contributed by atoms with Gasteiger partial charge in [-0.2, -0.15) is 0 Å². The molecule has 3 heteroatoms. The summed E-state index contributed by atoms with van der Waals surface area (Å²) < 4.78 is 0. The monoisotopic (exact) mass is 244 g/mol. The zero-order valence-electron chi connectivity index (χ0n) is 10.8. The van der Waals surface area contributed by atoms with Crippen LogP contribution in [0.25, 0.3) is 0 Å². The quantitative estimate of drug-likeness (QED) is 0.840. The summed E-state index contributed by atoms with van der Waals surface area (Å²) in [6.45, 7) is 2.30. The second-order valence-corrected chi connectivity index (χ2v) is 4.98. The highest BCUT2D eigenvalue weighted by atomic mass is 16.3. The van der Waals surface area contributed by atoms with E-state index in [9.17, 15) is 0 Å². The Morgan fingerprint density at radius 1 is 1.39 bits per heavy atom. The van der Waals surface area contributed by atoms with Gasteiger partial charge in [-0.25, -0.2) is 0 Å². The fourth-order valence-corrected chi connectivity index (χ4v) is 2.35. The summed E-state index contributed by atoms with van der Waals surface area (Å²) in [6.07, 6.45) is 2.15. The topological polar surface area (TPSA) is 56.4 Å². The molecule has 0 radical (unpaired) electrons. The Morgan fingerprint density at radius 3 is 2.78 bits per heavy atom. The van der Waals surface area contributed by atoms with E-state index in [1.807, 2.05) is 30.3 Å². The lowest BCUT2D eigenvalue weighted by Gasteiger charge is -2.26. The molecular formula is C15H20N2O. The number of benzene rings is 1. The van der Waals surface area contributed by atoms with Gasteiger partial charge < -0.3 is 10.5 Å². The van der Waals surface area contributed by atoms with Gasteiger partial charge in [-0.3, -0.25) is 4.99 Å². The number of hydrogen-bond donors (Lipinski definition) is 2. The molecule has 0 bridgehead atoms. The second kappa shape index (κ2) is 5.91. The summed E-state index contributed by atoms with van der Waals surface area (Å²) >= 11 is 0. The SMILES string of the molecule is CC(CCO)C1CC(=N)CC(c2ccccc2)=N1. The Bertz CT molecular complexity index is 439. The Morgan fingerprint density at radius 2 is 2.11 bits per heavy atom. The largest absolute Gasteiger partial charge is 0.396 e. The fraction of sp³-hybridized carbons (Fsp3) is 0.467. The second-order valence-electron chi connectivity index (χ2n) is 4.98. The predicted octanol–water partition coefficient (Wildman–Crippen LogP) is 2.68. The molecule has 96 valence electrons. The first-order chi connectivity index (χ1) is 8.70. The van der Waals surface area contributed by atoms with E-state index in [4.69, 9.17) is 15.5 Å². The van der Waals surface area contributed by atoms with Crippen LogP contribution in [0, 0.1) is 11.3 Å². The maximum absolute atomic E-state index is 9.01. The third-order valence-corrected chi connectivity index (χ3v) is 3.51. The molecule has 0 fully saturated rings. The van der Waals surface area contributed by atoms with Crippen LogP contribution in [0.5, 0.6) is 0 Å². The predicted molar refractivity (Wildman–Crippen MR) is 74.6 cm³/mol. The third kappa shape index (κ3) is 3.05. The van der Waals surface area contributed by atoms with E-state index in [0.717, 1.165) is 29.8 Å². The average molecular weight is 244 g/mol. The van der Waals surface area contributed by atoms with Gasteiger partial charge in [0.15, 0.2) is 0 Å². The lowest BCUT2D eigenvalue weighted by Crippen LogP contribution is -2.28. The molecule has 0 aliphatic carbocycles. The van der Waals surface area contributed by atoms with Crippen molar-refractivity contribution in [1.82, 2.24) is 0 Å². The van der Waals surface area contributed by atoms with Crippen molar-refractivity contribution < 1.29 is 5.11 Å². The highest BCUT2D eigenvalue weighted by Gasteiger charge is 2.24. The van der Waals surface area contributed by atoms with E-state index in [2.05, 4.69) is 6.92 Å². The van der Waals surface area contributed by atoms with Gasteiger partial charge in [0.1, 0.15) is 0 Å². The molecular weight excluding hydrogens is 224 g/mol.